The van der Waals surface area contributed by atoms with E-state index in [1.165, 1.54) is 19.4 Å². The molecule has 4 rings (SSSR count). The van der Waals surface area contributed by atoms with Gasteiger partial charge in [0, 0.05) is 25.0 Å². The van der Waals surface area contributed by atoms with E-state index in [0.29, 0.717) is 11.6 Å². The Morgan fingerprint density at radius 1 is 1.27 bits per heavy atom. The number of rotatable bonds is 3. The largest absolute Gasteiger partial charge is 0.304 e. The summed E-state index contributed by atoms with van der Waals surface area (Å²) in [5.74, 6) is 0. The van der Waals surface area contributed by atoms with Crippen LogP contribution < -0.4 is 5.56 Å². The summed E-state index contributed by atoms with van der Waals surface area (Å²) in [5.41, 5.74) is 2.54. The van der Waals surface area contributed by atoms with Crippen LogP contribution in [0.3, 0.4) is 0 Å². The maximum absolute atomic E-state index is 12.8. The monoisotopic (exact) mass is 296 g/mol. The van der Waals surface area contributed by atoms with E-state index in [1.54, 1.807) is 6.20 Å². The first-order valence-electron chi connectivity index (χ1n) is 7.90. The van der Waals surface area contributed by atoms with Gasteiger partial charge in [-0.15, -0.1) is 0 Å². The van der Waals surface area contributed by atoms with Crippen molar-refractivity contribution in [3.63, 3.8) is 0 Å². The Balaban J connectivity index is 1.81. The van der Waals surface area contributed by atoms with Gasteiger partial charge < -0.3 is 9.47 Å². The minimum atomic E-state index is 0.0751. The molecule has 1 unspecified atom stereocenters. The molecular weight excluding hydrogens is 276 g/mol. The van der Waals surface area contributed by atoms with Crippen molar-refractivity contribution in [1.29, 1.82) is 0 Å². The Kier molecular flexibility index (Phi) is 3.22. The molecule has 0 radical (unpaired) electrons. The van der Waals surface area contributed by atoms with Crippen LogP contribution in [0.2, 0.25) is 0 Å². The molecule has 5 nitrogen and oxygen atoms in total. The van der Waals surface area contributed by atoms with Gasteiger partial charge in [-0.1, -0.05) is 0 Å². The fourth-order valence-electron chi connectivity index (χ4n) is 3.62. The highest BCUT2D eigenvalue weighted by molar-refractivity contribution is 5.74. The Morgan fingerprint density at radius 2 is 2.14 bits per heavy atom. The van der Waals surface area contributed by atoms with Gasteiger partial charge in [-0.25, -0.2) is 4.98 Å². The Bertz CT molecular complexity index is 879. The smallest absolute Gasteiger partial charge is 0.275 e. The van der Waals surface area contributed by atoms with Gasteiger partial charge in [0.1, 0.15) is 5.52 Å². The zero-order chi connectivity index (χ0) is 15.1. The summed E-state index contributed by atoms with van der Waals surface area (Å²) >= 11 is 0. The Morgan fingerprint density at radius 3 is 2.95 bits per heavy atom. The molecule has 0 aromatic carbocycles. The van der Waals surface area contributed by atoms with Crippen LogP contribution in [0.15, 0.2) is 41.5 Å². The molecule has 0 N–H and O–H groups in total. The molecule has 1 atom stereocenters. The van der Waals surface area contributed by atoms with Crippen molar-refractivity contribution in [2.24, 2.45) is 0 Å². The normalized spacial score (nSPS) is 19.4. The van der Waals surface area contributed by atoms with Crippen LogP contribution in [-0.4, -0.2) is 38.5 Å². The summed E-state index contributed by atoms with van der Waals surface area (Å²) in [6.07, 6.45) is 7.19. The van der Waals surface area contributed by atoms with Gasteiger partial charge in [-0.2, -0.15) is 0 Å². The van der Waals surface area contributed by atoms with Crippen LogP contribution in [0, 0.1) is 0 Å². The van der Waals surface area contributed by atoms with Gasteiger partial charge in [0.05, 0.1) is 5.52 Å². The van der Waals surface area contributed by atoms with Crippen molar-refractivity contribution in [3.8, 4) is 0 Å². The van der Waals surface area contributed by atoms with Crippen LogP contribution >= 0.6 is 0 Å². The first-order valence-corrected chi connectivity index (χ1v) is 7.90. The molecule has 1 saturated heterocycles. The lowest BCUT2D eigenvalue weighted by Gasteiger charge is -2.20. The second-order valence-electron chi connectivity index (χ2n) is 6.13. The molecule has 1 aliphatic rings. The average Bonchev–Trinajstić information content (AvgIpc) is 3.17. The lowest BCUT2D eigenvalue weighted by molar-refractivity contribution is 0.286. The van der Waals surface area contributed by atoms with E-state index in [4.69, 9.17) is 0 Å². The second-order valence-corrected chi connectivity index (χ2v) is 6.13. The Hall–Kier alpha value is -2.14. The summed E-state index contributed by atoms with van der Waals surface area (Å²) in [7, 11) is 2.18. The van der Waals surface area contributed by atoms with Crippen molar-refractivity contribution < 1.29 is 0 Å². The summed E-state index contributed by atoms with van der Waals surface area (Å²) in [4.78, 5) is 19.7. The van der Waals surface area contributed by atoms with E-state index >= 15 is 0 Å². The fourth-order valence-corrected chi connectivity index (χ4v) is 3.62. The minimum absolute atomic E-state index is 0.0751. The number of hydrogen-bond acceptors (Lipinski definition) is 3. The molecular formula is C17H20N4O. The maximum Gasteiger partial charge on any atom is 0.275 e. The van der Waals surface area contributed by atoms with Crippen LogP contribution in [0.5, 0.6) is 0 Å². The molecule has 3 aromatic rings. The van der Waals surface area contributed by atoms with E-state index in [1.807, 2.05) is 39.4 Å². The van der Waals surface area contributed by atoms with Crippen molar-refractivity contribution >= 4 is 16.7 Å². The predicted molar refractivity (Wildman–Crippen MR) is 87.2 cm³/mol. The van der Waals surface area contributed by atoms with E-state index in [-0.39, 0.29) is 5.56 Å². The van der Waals surface area contributed by atoms with Gasteiger partial charge in [-0.3, -0.25) is 9.20 Å². The topological polar surface area (TPSA) is 42.5 Å². The number of aryl methyl sites for hydroxylation is 1. The maximum atomic E-state index is 12.8. The molecule has 1 fully saturated rings. The molecule has 1 aliphatic heterocycles. The van der Waals surface area contributed by atoms with Gasteiger partial charge in [-0.05, 0) is 57.1 Å². The number of likely N-dealkylation sites (tertiary alicyclic amines) is 1. The number of fused-ring (bicyclic) bond motifs is 3. The first kappa shape index (κ1) is 13.5. The standard InChI is InChI=1S/C17H20N4O/c1-19-10-3-5-13(19)8-12-21-14-6-2-9-18-16(14)20-11-4-7-15(20)17(21)22/h2,4,6-7,9,11,13H,3,5,8,10,12H2,1H3. The SMILES string of the molecule is CN1CCCC1CCn1c(=O)c2cccn2c2ncccc21. The second kappa shape index (κ2) is 5.25. The van der Waals surface area contributed by atoms with Gasteiger partial charge in [0.2, 0.25) is 0 Å². The molecule has 4 heterocycles. The average molecular weight is 296 g/mol. The van der Waals surface area contributed by atoms with Crippen molar-refractivity contribution in [2.75, 3.05) is 13.6 Å². The van der Waals surface area contributed by atoms with Crippen LogP contribution in [0.25, 0.3) is 16.7 Å². The lowest BCUT2D eigenvalue weighted by atomic mass is 10.1. The molecule has 22 heavy (non-hydrogen) atoms. The van der Waals surface area contributed by atoms with E-state index in [0.717, 1.165) is 24.1 Å². The third-order valence-electron chi connectivity index (χ3n) is 4.86. The summed E-state index contributed by atoms with van der Waals surface area (Å²) in [6.45, 7) is 1.91. The third-order valence-corrected chi connectivity index (χ3v) is 4.86. The molecule has 5 heteroatoms. The predicted octanol–water partition coefficient (Wildman–Crippen LogP) is 2.13. The molecule has 0 spiro atoms. The van der Waals surface area contributed by atoms with Gasteiger partial charge in [0.25, 0.3) is 5.56 Å². The summed E-state index contributed by atoms with van der Waals surface area (Å²) in [5, 5.41) is 0. The van der Waals surface area contributed by atoms with Gasteiger partial charge in [0.15, 0.2) is 5.65 Å². The van der Waals surface area contributed by atoms with Crippen molar-refractivity contribution in [2.45, 2.75) is 31.8 Å². The molecule has 114 valence electrons. The highest BCUT2D eigenvalue weighted by Crippen LogP contribution is 2.19. The van der Waals surface area contributed by atoms with Crippen LogP contribution in [-0.2, 0) is 6.54 Å². The van der Waals surface area contributed by atoms with E-state index in [9.17, 15) is 4.79 Å². The van der Waals surface area contributed by atoms with E-state index in [2.05, 4.69) is 16.9 Å². The lowest BCUT2D eigenvalue weighted by Crippen LogP contribution is -2.29. The third kappa shape index (κ3) is 2.04. The Labute approximate surface area is 128 Å². The number of hydrogen-bond donors (Lipinski definition) is 0. The van der Waals surface area contributed by atoms with E-state index < -0.39 is 0 Å². The van der Waals surface area contributed by atoms with Gasteiger partial charge >= 0.3 is 0 Å². The van der Waals surface area contributed by atoms with Crippen LogP contribution in [0.4, 0.5) is 0 Å². The number of aromatic nitrogens is 3. The highest BCUT2D eigenvalue weighted by atomic mass is 16.1. The van der Waals surface area contributed by atoms with Crippen molar-refractivity contribution in [3.05, 3.63) is 47.0 Å². The molecule has 0 aliphatic carbocycles. The minimum Gasteiger partial charge on any atom is -0.304 e. The molecule has 0 saturated carbocycles. The fraction of sp³-hybridized carbons (Fsp3) is 0.412. The zero-order valence-corrected chi connectivity index (χ0v) is 12.8. The molecule has 0 amide bonds. The summed E-state index contributed by atoms with van der Waals surface area (Å²) < 4.78 is 3.78. The summed E-state index contributed by atoms with van der Waals surface area (Å²) in [6, 6.07) is 8.24. The molecule has 0 bridgehead atoms. The van der Waals surface area contributed by atoms with Crippen molar-refractivity contribution in [1.82, 2.24) is 18.9 Å². The number of pyridine rings is 1. The highest BCUT2D eigenvalue weighted by Gasteiger charge is 2.21. The van der Waals surface area contributed by atoms with Crippen LogP contribution in [0.1, 0.15) is 19.3 Å². The quantitative estimate of drug-likeness (QED) is 0.743. The number of nitrogens with zero attached hydrogens (tertiary/aromatic N) is 4. The first-order chi connectivity index (χ1) is 10.8. The zero-order valence-electron chi connectivity index (χ0n) is 12.8. The molecule has 3 aromatic heterocycles.